The van der Waals surface area contributed by atoms with Crippen molar-refractivity contribution in [2.24, 2.45) is 17.6 Å². The van der Waals surface area contributed by atoms with Gasteiger partial charge in [-0.15, -0.1) is 12.4 Å². The molecule has 0 saturated heterocycles. The molecule has 1 aliphatic rings. The molecular formula is C18H27ClFN3O2. The van der Waals surface area contributed by atoms with E-state index in [1.54, 1.807) is 6.07 Å². The SMILES string of the molecule is CC1CCc2c(F)cccc2C1NC(=O)CNC(=O)[C@@H](N)C(C)C.Cl. The number of halogens is 2. The third kappa shape index (κ3) is 5.16. The van der Waals surface area contributed by atoms with Crippen molar-refractivity contribution in [1.29, 1.82) is 0 Å². The first-order valence-electron chi connectivity index (χ1n) is 8.41. The largest absolute Gasteiger partial charge is 0.347 e. The molecule has 2 amide bonds. The van der Waals surface area contributed by atoms with Crippen LogP contribution in [0.1, 0.15) is 44.4 Å². The number of nitrogens with one attached hydrogen (secondary N) is 2. The minimum absolute atomic E-state index is 0. The van der Waals surface area contributed by atoms with E-state index in [1.165, 1.54) is 6.07 Å². The summed E-state index contributed by atoms with van der Waals surface area (Å²) in [4.78, 5) is 24.0. The molecule has 1 aromatic carbocycles. The molecule has 5 nitrogen and oxygen atoms in total. The molecule has 0 aliphatic heterocycles. The molecule has 1 aromatic rings. The fourth-order valence-corrected chi connectivity index (χ4v) is 3.01. The van der Waals surface area contributed by atoms with Crippen LogP contribution in [0, 0.1) is 17.7 Å². The van der Waals surface area contributed by atoms with Crippen LogP contribution >= 0.6 is 12.4 Å². The fraction of sp³-hybridized carbons (Fsp3) is 0.556. The Hall–Kier alpha value is -1.66. The molecule has 7 heteroatoms. The van der Waals surface area contributed by atoms with Gasteiger partial charge in [-0.25, -0.2) is 4.39 Å². The molecule has 25 heavy (non-hydrogen) atoms. The molecule has 3 atom stereocenters. The lowest BCUT2D eigenvalue weighted by atomic mass is 9.80. The molecule has 0 saturated carbocycles. The summed E-state index contributed by atoms with van der Waals surface area (Å²) in [6.07, 6.45) is 1.49. The molecule has 4 N–H and O–H groups in total. The van der Waals surface area contributed by atoms with E-state index >= 15 is 0 Å². The number of carbonyl (C=O) groups excluding carboxylic acids is 2. The first-order chi connectivity index (χ1) is 11.3. The van der Waals surface area contributed by atoms with Crippen molar-refractivity contribution in [3.8, 4) is 0 Å². The molecular weight excluding hydrogens is 345 g/mol. The molecule has 0 aromatic heterocycles. The third-order valence-corrected chi connectivity index (χ3v) is 4.67. The van der Waals surface area contributed by atoms with Crippen LogP contribution in [-0.4, -0.2) is 24.4 Å². The van der Waals surface area contributed by atoms with Crippen molar-refractivity contribution in [2.45, 2.75) is 45.7 Å². The standard InChI is InChI=1S/C18H26FN3O2.ClH/c1-10(2)16(20)18(24)21-9-15(23)22-17-11(3)7-8-12-13(17)5-4-6-14(12)19;/h4-6,10-11,16-17H,7-9,20H2,1-3H3,(H,21,24)(H,22,23);1H/t11?,16-,17?;/m0./s1. The molecule has 0 bridgehead atoms. The van der Waals surface area contributed by atoms with E-state index in [0.29, 0.717) is 12.0 Å². The summed E-state index contributed by atoms with van der Waals surface area (Å²) in [5.41, 5.74) is 7.25. The van der Waals surface area contributed by atoms with Crippen LogP contribution in [0.4, 0.5) is 4.39 Å². The lowest BCUT2D eigenvalue weighted by molar-refractivity contribution is -0.127. The number of fused-ring (bicyclic) bond motifs is 1. The maximum absolute atomic E-state index is 13.9. The summed E-state index contributed by atoms with van der Waals surface area (Å²) >= 11 is 0. The van der Waals surface area contributed by atoms with Crippen molar-refractivity contribution in [2.75, 3.05) is 6.54 Å². The van der Waals surface area contributed by atoms with Gasteiger partial charge in [0.1, 0.15) is 5.82 Å². The van der Waals surface area contributed by atoms with Gasteiger partial charge < -0.3 is 16.4 Å². The second kappa shape index (κ2) is 9.15. The normalized spacial score (nSPS) is 20.2. The van der Waals surface area contributed by atoms with Crippen LogP contribution < -0.4 is 16.4 Å². The number of nitrogens with two attached hydrogens (primary N) is 1. The molecule has 0 spiro atoms. The number of benzene rings is 1. The first kappa shape index (κ1) is 21.4. The lowest BCUT2D eigenvalue weighted by Crippen LogP contribution is -2.48. The average molecular weight is 372 g/mol. The molecule has 0 heterocycles. The van der Waals surface area contributed by atoms with Crippen molar-refractivity contribution >= 4 is 24.2 Å². The highest BCUT2D eigenvalue weighted by molar-refractivity contribution is 5.87. The summed E-state index contributed by atoms with van der Waals surface area (Å²) in [5.74, 6) is -0.662. The maximum atomic E-state index is 13.9. The van der Waals surface area contributed by atoms with E-state index < -0.39 is 6.04 Å². The summed E-state index contributed by atoms with van der Waals surface area (Å²) < 4.78 is 13.9. The molecule has 2 unspecified atom stereocenters. The third-order valence-electron chi connectivity index (χ3n) is 4.67. The zero-order valence-corrected chi connectivity index (χ0v) is 15.7. The molecule has 2 rings (SSSR count). The van der Waals surface area contributed by atoms with Crippen LogP contribution in [-0.2, 0) is 16.0 Å². The number of hydrogen-bond donors (Lipinski definition) is 3. The molecule has 0 radical (unpaired) electrons. The summed E-state index contributed by atoms with van der Waals surface area (Å²) in [5, 5.41) is 5.47. The number of rotatable bonds is 5. The second-order valence-corrected chi connectivity index (χ2v) is 6.86. The smallest absolute Gasteiger partial charge is 0.239 e. The highest BCUT2D eigenvalue weighted by Gasteiger charge is 2.29. The van der Waals surface area contributed by atoms with Crippen LogP contribution in [0.3, 0.4) is 0 Å². The van der Waals surface area contributed by atoms with Crippen molar-refractivity contribution in [1.82, 2.24) is 10.6 Å². The topological polar surface area (TPSA) is 84.2 Å². The fourth-order valence-electron chi connectivity index (χ4n) is 3.01. The maximum Gasteiger partial charge on any atom is 0.239 e. The second-order valence-electron chi connectivity index (χ2n) is 6.86. The Morgan fingerprint density at radius 1 is 1.36 bits per heavy atom. The van der Waals surface area contributed by atoms with Crippen LogP contribution in [0.25, 0.3) is 0 Å². The Morgan fingerprint density at radius 2 is 2.04 bits per heavy atom. The van der Waals surface area contributed by atoms with Gasteiger partial charge in [0, 0.05) is 0 Å². The highest BCUT2D eigenvalue weighted by Crippen LogP contribution is 2.35. The Kier molecular flexibility index (Phi) is 7.83. The summed E-state index contributed by atoms with van der Waals surface area (Å²) in [6.45, 7) is 5.60. The minimum atomic E-state index is -0.638. The zero-order chi connectivity index (χ0) is 17.9. The Morgan fingerprint density at radius 3 is 2.68 bits per heavy atom. The van der Waals surface area contributed by atoms with Crippen LogP contribution in [0.5, 0.6) is 0 Å². The van der Waals surface area contributed by atoms with Gasteiger partial charge in [0.2, 0.25) is 11.8 Å². The van der Waals surface area contributed by atoms with Gasteiger partial charge in [-0.2, -0.15) is 0 Å². The van der Waals surface area contributed by atoms with E-state index in [0.717, 1.165) is 12.0 Å². The predicted octanol–water partition coefficient (Wildman–Crippen LogP) is 2.09. The minimum Gasteiger partial charge on any atom is -0.347 e. The number of amides is 2. The van der Waals surface area contributed by atoms with Gasteiger partial charge >= 0.3 is 0 Å². The van der Waals surface area contributed by atoms with Crippen molar-refractivity contribution in [3.05, 3.63) is 35.1 Å². The van der Waals surface area contributed by atoms with Gasteiger partial charge in [-0.3, -0.25) is 9.59 Å². The van der Waals surface area contributed by atoms with Gasteiger partial charge in [0.25, 0.3) is 0 Å². The number of hydrogen-bond acceptors (Lipinski definition) is 3. The van der Waals surface area contributed by atoms with Crippen molar-refractivity contribution in [3.63, 3.8) is 0 Å². The van der Waals surface area contributed by atoms with Gasteiger partial charge in [0.05, 0.1) is 18.6 Å². The highest BCUT2D eigenvalue weighted by atomic mass is 35.5. The Bertz CT molecular complexity index is 624. The van der Waals surface area contributed by atoms with E-state index in [4.69, 9.17) is 5.73 Å². The molecule has 0 fully saturated rings. The average Bonchev–Trinajstić information content (AvgIpc) is 2.54. The van der Waals surface area contributed by atoms with Crippen molar-refractivity contribution < 1.29 is 14.0 Å². The van der Waals surface area contributed by atoms with Gasteiger partial charge in [0.15, 0.2) is 0 Å². The van der Waals surface area contributed by atoms with Crippen LogP contribution in [0.15, 0.2) is 18.2 Å². The van der Waals surface area contributed by atoms with E-state index in [-0.39, 0.29) is 54.5 Å². The predicted molar refractivity (Wildman–Crippen MR) is 97.8 cm³/mol. The van der Waals surface area contributed by atoms with E-state index in [9.17, 15) is 14.0 Å². The Labute approximate surface area is 154 Å². The Balaban J connectivity index is 0.00000312. The lowest BCUT2D eigenvalue weighted by Gasteiger charge is -2.32. The van der Waals surface area contributed by atoms with E-state index in [2.05, 4.69) is 10.6 Å². The quantitative estimate of drug-likeness (QED) is 0.741. The molecule has 140 valence electrons. The van der Waals surface area contributed by atoms with Crippen LogP contribution in [0.2, 0.25) is 0 Å². The first-order valence-corrected chi connectivity index (χ1v) is 8.41. The summed E-state index contributed by atoms with van der Waals surface area (Å²) in [6, 6.07) is 4.08. The molecule has 1 aliphatic carbocycles. The van der Waals surface area contributed by atoms with E-state index in [1.807, 2.05) is 26.8 Å². The van der Waals surface area contributed by atoms with Gasteiger partial charge in [-0.05, 0) is 41.9 Å². The van der Waals surface area contributed by atoms with Gasteiger partial charge in [-0.1, -0.05) is 32.9 Å². The zero-order valence-electron chi connectivity index (χ0n) is 14.8. The monoisotopic (exact) mass is 371 g/mol. The summed E-state index contributed by atoms with van der Waals surface area (Å²) in [7, 11) is 0. The number of carbonyl (C=O) groups is 2.